The Bertz CT molecular complexity index is 409. The van der Waals surface area contributed by atoms with Gasteiger partial charge in [0.05, 0.1) is 0 Å². The molecule has 0 aromatic heterocycles. The molecule has 1 aliphatic heterocycles. The Hall–Kier alpha value is -0.860. The predicted molar refractivity (Wildman–Crippen MR) is 79.8 cm³/mol. The van der Waals surface area contributed by atoms with E-state index in [2.05, 4.69) is 42.2 Å². The molecule has 2 aliphatic rings. The van der Waals surface area contributed by atoms with Gasteiger partial charge in [0.2, 0.25) is 0 Å². The number of benzene rings is 1. The van der Waals surface area contributed by atoms with Gasteiger partial charge in [-0.1, -0.05) is 30.3 Å². The van der Waals surface area contributed by atoms with Gasteiger partial charge in [-0.15, -0.1) is 0 Å². The molecule has 19 heavy (non-hydrogen) atoms. The third-order valence-corrected chi connectivity index (χ3v) is 5.30. The zero-order chi connectivity index (χ0) is 13.3. The topological polar surface area (TPSA) is 29.3 Å². The highest BCUT2D eigenvalue weighted by Crippen LogP contribution is 2.56. The molecule has 2 N–H and O–H groups in total. The van der Waals surface area contributed by atoms with Gasteiger partial charge >= 0.3 is 0 Å². The van der Waals surface area contributed by atoms with Crippen molar-refractivity contribution in [1.29, 1.82) is 0 Å². The van der Waals surface area contributed by atoms with Gasteiger partial charge < -0.3 is 5.73 Å². The third-order valence-electron chi connectivity index (χ3n) is 5.30. The summed E-state index contributed by atoms with van der Waals surface area (Å²) in [5.74, 6) is 0.824. The maximum absolute atomic E-state index is 6.24. The molecule has 0 amide bonds. The van der Waals surface area contributed by atoms with Crippen LogP contribution >= 0.6 is 0 Å². The second-order valence-electron chi connectivity index (χ2n) is 6.58. The number of likely N-dealkylation sites (tertiary alicyclic amines) is 1. The van der Waals surface area contributed by atoms with E-state index in [1.165, 1.54) is 44.3 Å². The smallest absolute Gasteiger partial charge is 0.0233 e. The number of hydrogen-bond acceptors (Lipinski definition) is 2. The molecule has 3 rings (SSSR count). The summed E-state index contributed by atoms with van der Waals surface area (Å²) >= 11 is 0. The van der Waals surface area contributed by atoms with Crippen molar-refractivity contribution in [1.82, 2.24) is 4.90 Å². The van der Waals surface area contributed by atoms with E-state index in [9.17, 15) is 0 Å². The lowest BCUT2D eigenvalue weighted by Crippen LogP contribution is -2.44. The zero-order valence-electron chi connectivity index (χ0n) is 12.0. The summed E-state index contributed by atoms with van der Waals surface area (Å²) < 4.78 is 0. The van der Waals surface area contributed by atoms with Gasteiger partial charge in [0.15, 0.2) is 0 Å². The van der Waals surface area contributed by atoms with Crippen LogP contribution in [0.4, 0.5) is 0 Å². The summed E-state index contributed by atoms with van der Waals surface area (Å²) in [6, 6.07) is 11.2. The molecule has 2 nitrogen and oxygen atoms in total. The fourth-order valence-electron chi connectivity index (χ4n) is 3.89. The molecule has 2 heteroatoms. The molecule has 1 heterocycles. The minimum atomic E-state index is 0.370. The molecule has 104 valence electrons. The lowest BCUT2D eigenvalue weighted by Gasteiger charge is -2.39. The summed E-state index contributed by atoms with van der Waals surface area (Å²) in [6.45, 7) is 5.81. The normalized spacial score (nSPS) is 28.0. The second-order valence-corrected chi connectivity index (χ2v) is 6.58. The fourth-order valence-corrected chi connectivity index (χ4v) is 3.89. The zero-order valence-corrected chi connectivity index (χ0v) is 12.0. The minimum Gasteiger partial charge on any atom is -0.327 e. The second kappa shape index (κ2) is 5.26. The minimum absolute atomic E-state index is 0.370. The average molecular weight is 258 g/mol. The molecule has 0 radical (unpaired) electrons. The Labute approximate surface area is 117 Å². The molecule has 0 spiro atoms. The number of rotatable bonds is 4. The largest absolute Gasteiger partial charge is 0.327 e. The van der Waals surface area contributed by atoms with E-state index in [1.807, 2.05) is 0 Å². The van der Waals surface area contributed by atoms with Crippen molar-refractivity contribution in [3.05, 3.63) is 35.9 Å². The Balaban J connectivity index is 1.63. The van der Waals surface area contributed by atoms with Crippen molar-refractivity contribution in [2.75, 3.05) is 13.1 Å². The molecule has 1 aliphatic carbocycles. The quantitative estimate of drug-likeness (QED) is 0.899. The van der Waals surface area contributed by atoms with Crippen molar-refractivity contribution < 1.29 is 0 Å². The first-order chi connectivity index (χ1) is 9.21. The Morgan fingerprint density at radius 1 is 1.32 bits per heavy atom. The molecule has 1 aromatic carbocycles. The molecular weight excluding hydrogens is 232 g/mol. The molecule has 1 saturated carbocycles. The Morgan fingerprint density at radius 2 is 2.05 bits per heavy atom. The van der Waals surface area contributed by atoms with Gasteiger partial charge in [0.25, 0.3) is 0 Å². The standard InChI is InChI=1S/C17H26N2/c1-14(18)17(9-10-17)16-8-5-11-19(13-16)12-15-6-3-2-4-7-15/h2-4,6-7,14,16H,5,8-13,18H2,1H3. The predicted octanol–water partition coefficient (Wildman–Crippen LogP) is 3.03. The molecular formula is C17H26N2. The Morgan fingerprint density at radius 3 is 2.68 bits per heavy atom. The highest BCUT2D eigenvalue weighted by molar-refractivity contribution is 5.15. The van der Waals surface area contributed by atoms with Crippen LogP contribution < -0.4 is 5.73 Å². The number of nitrogens with two attached hydrogens (primary N) is 1. The van der Waals surface area contributed by atoms with E-state index in [0.29, 0.717) is 11.5 Å². The summed E-state index contributed by atoms with van der Waals surface area (Å²) in [7, 11) is 0. The van der Waals surface area contributed by atoms with Crippen molar-refractivity contribution in [3.63, 3.8) is 0 Å². The van der Waals surface area contributed by atoms with Crippen LogP contribution in [0.25, 0.3) is 0 Å². The van der Waals surface area contributed by atoms with E-state index in [-0.39, 0.29) is 0 Å². The SMILES string of the molecule is CC(N)C1(C2CCCN(Cc3ccccc3)C2)CC1. The lowest BCUT2D eigenvalue weighted by molar-refractivity contribution is 0.107. The van der Waals surface area contributed by atoms with E-state index in [4.69, 9.17) is 5.73 Å². The van der Waals surface area contributed by atoms with Crippen molar-refractivity contribution in [2.24, 2.45) is 17.1 Å². The van der Waals surface area contributed by atoms with E-state index < -0.39 is 0 Å². The van der Waals surface area contributed by atoms with E-state index in [1.54, 1.807) is 0 Å². The van der Waals surface area contributed by atoms with Crippen molar-refractivity contribution in [3.8, 4) is 0 Å². The van der Waals surface area contributed by atoms with Crippen molar-refractivity contribution >= 4 is 0 Å². The van der Waals surface area contributed by atoms with Gasteiger partial charge in [-0.2, -0.15) is 0 Å². The number of piperidine rings is 1. The monoisotopic (exact) mass is 258 g/mol. The Kier molecular flexibility index (Phi) is 3.64. The maximum Gasteiger partial charge on any atom is 0.0233 e. The first kappa shape index (κ1) is 13.1. The van der Waals surface area contributed by atoms with Gasteiger partial charge in [-0.3, -0.25) is 4.90 Å². The van der Waals surface area contributed by atoms with Gasteiger partial charge in [-0.05, 0) is 56.0 Å². The van der Waals surface area contributed by atoms with Crippen LogP contribution in [0, 0.1) is 11.3 Å². The van der Waals surface area contributed by atoms with Crippen LogP contribution in [0.3, 0.4) is 0 Å². The molecule has 2 atom stereocenters. The highest BCUT2D eigenvalue weighted by atomic mass is 15.1. The van der Waals surface area contributed by atoms with Crippen LogP contribution in [0.2, 0.25) is 0 Å². The average Bonchev–Trinajstić information content (AvgIpc) is 3.22. The summed E-state index contributed by atoms with van der Waals surface area (Å²) in [5.41, 5.74) is 8.16. The van der Waals surface area contributed by atoms with Gasteiger partial charge in [0.1, 0.15) is 0 Å². The first-order valence-corrected chi connectivity index (χ1v) is 7.72. The maximum atomic E-state index is 6.24. The van der Waals surface area contributed by atoms with Gasteiger partial charge in [0, 0.05) is 19.1 Å². The highest BCUT2D eigenvalue weighted by Gasteiger charge is 2.52. The van der Waals surface area contributed by atoms with Crippen molar-refractivity contribution in [2.45, 2.75) is 45.2 Å². The summed E-state index contributed by atoms with van der Waals surface area (Å²) in [5, 5.41) is 0. The van der Waals surface area contributed by atoms with E-state index in [0.717, 1.165) is 12.5 Å². The first-order valence-electron chi connectivity index (χ1n) is 7.72. The van der Waals surface area contributed by atoms with Crippen LogP contribution in [0.15, 0.2) is 30.3 Å². The summed E-state index contributed by atoms with van der Waals surface area (Å²) in [4.78, 5) is 2.63. The van der Waals surface area contributed by atoms with Crippen LogP contribution in [0.1, 0.15) is 38.2 Å². The van der Waals surface area contributed by atoms with Crippen LogP contribution in [-0.2, 0) is 6.54 Å². The molecule has 1 saturated heterocycles. The molecule has 2 unspecified atom stereocenters. The molecule has 1 aromatic rings. The summed E-state index contributed by atoms with van der Waals surface area (Å²) in [6.07, 6.45) is 5.43. The molecule has 2 fully saturated rings. The lowest BCUT2D eigenvalue weighted by atomic mass is 9.78. The molecule has 0 bridgehead atoms. The third kappa shape index (κ3) is 2.70. The van der Waals surface area contributed by atoms with Gasteiger partial charge in [-0.25, -0.2) is 0 Å². The van der Waals surface area contributed by atoms with Crippen LogP contribution in [0.5, 0.6) is 0 Å². The van der Waals surface area contributed by atoms with E-state index >= 15 is 0 Å². The number of hydrogen-bond donors (Lipinski definition) is 1. The fraction of sp³-hybridized carbons (Fsp3) is 0.647. The van der Waals surface area contributed by atoms with Crippen LogP contribution in [-0.4, -0.2) is 24.0 Å². The number of nitrogens with zero attached hydrogens (tertiary/aromatic N) is 1.